The summed E-state index contributed by atoms with van der Waals surface area (Å²) >= 11 is 0. The van der Waals surface area contributed by atoms with Crippen molar-refractivity contribution < 1.29 is 22.8 Å². The lowest BCUT2D eigenvalue weighted by atomic mass is 10.3. The van der Waals surface area contributed by atoms with E-state index in [-0.39, 0.29) is 24.8 Å². The summed E-state index contributed by atoms with van der Waals surface area (Å²) in [5.41, 5.74) is 0. The van der Waals surface area contributed by atoms with Crippen molar-refractivity contribution in [2.24, 2.45) is 0 Å². The molecule has 1 amide bonds. The van der Waals surface area contributed by atoms with E-state index in [1.54, 1.807) is 6.92 Å². The Bertz CT molecular complexity index is 676. The number of carbonyl (C=O) groups excluding carboxylic acids is 1. The molecule has 0 saturated carbocycles. The summed E-state index contributed by atoms with van der Waals surface area (Å²) in [6, 6.07) is 2.90. The van der Waals surface area contributed by atoms with Gasteiger partial charge in [-0.2, -0.15) is 4.98 Å². The average Bonchev–Trinajstić information content (AvgIpc) is 2.99. The summed E-state index contributed by atoms with van der Waals surface area (Å²) in [4.78, 5) is 17.7. The van der Waals surface area contributed by atoms with Crippen molar-refractivity contribution in [1.29, 1.82) is 0 Å². The number of aryl methyl sites for hydroxylation is 1. The minimum absolute atomic E-state index is 0.150. The zero-order valence-corrected chi connectivity index (χ0v) is 12.9. The van der Waals surface area contributed by atoms with E-state index in [1.165, 1.54) is 4.90 Å². The van der Waals surface area contributed by atoms with Crippen molar-refractivity contribution in [3.8, 4) is 5.75 Å². The standard InChI is InChI=1S/C15H17F2N3O3/c1-3-13-18-14(23-19-13)8-20(4-2)15(21)9-22-12-6-5-10(16)7-11(12)17/h5-7H,3-4,8-9H2,1-2H3. The highest BCUT2D eigenvalue weighted by Gasteiger charge is 2.17. The van der Waals surface area contributed by atoms with E-state index in [0.29, 0.717) is 30.7 Å². The summed E-state index contributed by atoms with van der Waals surface area (Å²) in [6.45, 7) is 3.86. The Morgan fingerprint density at radius 3 is 2.74 bits per heavy atom. The lowest BCUT2D eigenvalue weighted by molar-refractivity contribution is -0.134. The molecule has 0 aliphatic heterocycles. The molecule has 0 fully saturated rings. The summed E-state index contributed by atoms with van der Waals surface area (Å²) in [5, 5.41) is 3.75. The third-order valence-electron chi connectivity index (χ3n) is 3.13. The predicted molar refractivity (Wildman–Crippen MR) is 76.6 cm³/mol. The highest BCUT2D eigenvalue weighted by molar-refractivity contribution is 5.77. The number of halogens is 2. The third-order valence-corrected chi connectivity index (χ3v) is 3.13. The molecule has 0 N–H and O–H groups in total. The van der Waals surface area contributed by atoms with E-state index in [9.17, 15) is 13.6 Å². The van der Waals surface area contributed by atoms with Crippen LogP contribution in [0.5, 0.6) is 5.75 Å². The van der Waals surface area contributed by atoms with Gasteiger partial charge in [-0.05, 0) is 19.1 Å². The molecule has 0 bridgehead atoms. The van der Waals surface area contributed by atoms with Crippen LogP contribution >= 0.6 is 0 Å². The van der Waals surface area contributed by atoms with Crippen LogP contribution in [0.15, 0.2) is 22.7 Å². The molecule has 124 valence electrons. The van der Waals surface area contributed by atoms with Crippen LogP contribution in [0.4, 0.5) is 8.78 Å². The molecule has 0 spiro atoms. The van der Waals surface area contributed by atoms with Crippen molar-refractivity contribution >= 4 is 5.91 Å². The first-order valence-corrected chi connectivity index (χ1v) is 7.20. The lowest BCUT2D eigenvalue weighted by Gasteiger charge is -2.19. The normalized spacial score (nSPS) is 10.6. The Balaban J connectivity index is 1.94. The number of aromatic nitrogens is 2. The van der Waals surface area contributed by atoms with E-state index in [4.69, 9.17) is 9.26 Å². The minimum Gasteiger partial charge on any atom is -0.481 e. The van der Waals surface area contributed by atoms with Gasteiger partial charge in [0, 0.05) is 19.0 Å². The first-order chi connectivity index (χ1) is 11.0. The molecule has 6 nitrogen and oxygen atoms in total. The van der Waals surface area contributed by atoms with E-state index >= 15 is 0 Å². The van der Waals surface area contributed by atoms with Gasteiger partial charge < -0.3 is 14.2 Å². The first-order valence-electron chi connectivity index (χ1n) is 7.20. The third kappa shape index (κ3) is 4.48. The van der Waals surface area contributed by atoms with Gasteiger partial charge in [0.25, 0.3) is 5.91 Å². The van der Waals surface area contributed by atoms with Gasteiger partial charge in [-0.1, -0.05) is 12.1 Å². The molecular formula is C15H17F2N3O3. The molecule has 0 radical (unpaired) electrons. The molecular weight excluding hydrogens is 308 g/mol. The van der Waals surface area contributed by atoms with Gasteiger partial charge in [-0.3, -0.25) is 4.79 Å². The fourth-order valence-electron chi connectivity index (χ4n) is 1.86. The van der Waals surface area contributed by atoms with Crippen molar-refractivity contribution in [3.05, 3.63) is 41.5 Å². The second-order valence-corrected chi connectivity index (χ2v) is 4.73. The number of hydrogen-bond acceptors (Lipinski definition) is 5. The van der Waals surface area contributed by atoms with Crippen molar-refractivity contribution in [2.75, 3.05) is 13.2 Å². The number of rotatable bonds is 7. The van der Waals surface area contributed by atoms with Gasteiger partial charge in [-0.15, -0.1) is 0 Å². The SMILES string of the molecule is CCc1noc(CN(CC)C(=O)COc2ccc(F)cc2F)n1. The Labute approximate surface area is 132 Å². The number of benzene rings is 1. The molecule has 8 heteroatoms. The van der Waals surface area contributed by atoms with Crippen LogP contribution in [0, 0.1) is 11.6 Å². The van der Waals surface area contributed by atoms with Gasteiger partial charge in [0.2, 0.25) is 5.89 Å². The first kappa shape index (κ1) is 16.9. The van der Waals surface area contributed by atoms with Crippen LogP contribution in [0.3, 0.4) is 0 Å². The second-order valence-electron chi connectivity index (χ2n) is 4.73. The largest absolute Gasteiger partial charge is 0.481 e. The zero-order chi connectivity index (χ0) is 16.8. The topological polar surface area (TPSA) is 68.5 Å². The number of amides is 1. The van der Waals surface area contributed by atoms with E-state index < -0.39 is 11.6 Å². The summed E-state index contributed by atoms with van der Waals surface area (Å²) in [5.74, 6) is -1.22. The number of nitrogens with zero attached hydrogens (tertiary/aromatic N) is 3. The molecule has 1 aromatic carbocycles. The van der Waals surface area contributed by atoms with Crippen molar-refractivity contribution in [2.45, 2.75) is 26.8 Å². The van der Waals surface area contributed by atoms with Crippen LogP contribution in [-0.2, 0) is 17.8 Å². The van der Waals surface area contributed by atoms with Gasteiger partial charge in [-0.25, -0.2) is 8.78 Å². The number of hydrogen-bond donors (Lipinski definition) is 0. The lowest BCUT2D eigenvalue weighted by Crippen LogP contribution is -2.34. The maximum Gasteiger partial charge on any atom is 0.260 e. The smallest absolute Gasteiger partial charge is 0.260 e. The second kappa shape index (κ2) is 7.66. The maximum absolute atomic E-state index is 13.4. The van der Waals surface area contributed by atoms with Crippen LogP contribution < -0.4 is 4.74 Å². The highest BCUT2D eigenvalue weighted by Crippen LogP contribution is 2.17. The Morgan fingerprint density at radius 2 is 2.13 bits per heavy atom. The maximum atomic E-state index is 13.4. The van der Waals surface area contributed by atoms with Gasteiger partial charge in [0.05, 0.1) is 0 Å². The van der Waals surface area contributed by atoms with E-state index in [0.717, 1.165) is 12.1 Å². The van der Waals surface area contributed by atoms with Gasteiger partial charge in [0.1, 0.15) is 12.4 Å². The fraction of sp³-hybridized carbons (Fsp3) is 0.400. The summed E-state index contributed by atoms with van der Waals surface area (Å²) < 4.78 is 36.4. The molecule has 0 atom stereocenters. The zero-order valence-electron chi connectivity index (χ0n) is 12.9. The summed E-state index contributed by atoms with van der Waals surface area (Å²) in [6.07, 6.45) is 0.635. The number of ether oxygens (including phenoxy) is 1. The molecule has 0 unspecified atom stereocenters. The number of likely N-dealkylation sites (N-methyl/N-ethyl adjacent to an activating group) is 1. The summed E-state index contributed by atoms with van der Waals surface area (Å²) in [7, 11) is 0. The number of carbonyl (C=O) groups is 1. The Morgan fingerprint density at radius 1 is 1.35 bits per heavy atom. The van der Waals surface area contributed by atoms with Crippen molar-refractivity contribution in [3.63, 3.8) is 0 Å². The Kier molecular flexibility index (Phi) is 5.61. The molecule has 0 aliphatic rings. The van der Waals surface area contributed by atoms with Crippen LogP contribution in [0.25, 0.3) is 0 Å². The quantitative estimate of drug-likeness (QED) is 0.781. The fourth-order valence-corrected chi connectivity index (χ4v) is 1.86. The van der Waals surface area contributed by atoms with Crippen LogP contribution in [0.2, 0.25) is 0 Å². The predicted octanol–water partition coefficient (Wildman–Crippen LogP) is 2.34. The molecule has 1 aromatic heterocycles. The van der Waals surface area contributed by atoms with Gasteiger partial charge in [0.15, 0.2) is 24.0 Å². The molecule has 0 aliphatic carbocycles. The minimum atomic E-state index is -0.856. The molecule has 2 rings (SSSR count). The van der Waals surface area contributed by atoms with E-state index in [1.807, 2.05) is 6.92 Å². The molecule has 23 heavy (non-hydrogen) atoms. The average molecular weight is 325 g/mol. The van der Waals surface area contributed by atoms with Crippen LogP contribution in [-0.4, -0.2) is 34.1 Å². The van der Waals surface area contributed by atoms with E-state index in [2.05, 4.69) is 10.1 Å². The Hall–Kier alpha value is -2.51. The molecule has 2 aromatic rings. The monoisotopic (exact) mass is 325 g/mol. The molecule has 1 heterocycles. The highest BCUT2D eigenvalue weighted by atomic mass is 19.1. The van der Waals surface area contributed by atoms with Crippen LogP contribution in [0.1, 0.15) is 25.6 Å². The van der Waals surface area contributed by atoms with Gasteiger partial charge >= 0.3 is 0 Å². The molecule has 0 saturated heterocycles. The van der Waals surface area contributed by atoms with Crippen molar-refractivity contribution in [1.82, 2.24) is 15.0 Å².